The molecule has 0 saturated heterocycles. The van der Waals surface area contributed by atoms with Crippen LogP contribution in [0.15, 0.2) is 59.5 Å². The molecule has 0 radical (unpaired) electrons. The van der Waals surface area contributed by atoms with Gasteiger partial charge in [-0.05, 0) is 61.2 Å². The van der Waals surface area contributed by atoms with E-state index < -0.39 is 16.8 Å². The van der Waals surface area contributed by atoms with Crippen molar-refractivity contribution in [1.82, 2.24) is 4.98 Å². The van der Waals surface area contributed by atoms with Gasteiger partial charge in [0.15, 0.2) is 0 Å². The number of hydrogen-bond acceptors (Lipinski definition) is 5. The molecule has 39 heavy (non-hydrogen) atoms. The molecule has 0 fully saturated rings. The highest BCUT2D eigenvalue weighted by Gasteiger charge is 2.16. The van der Waals surface area contributed by atoms with Crippen LogP contribution in [0.25, 0.3) is 0 Å². The van der Waals surface area contributed by atoms with Gasteiger partial charge in [0.25, 0.3) is 0 Å². The van der Waals surface area contributed by atoms with Crippen LogP contribution in [-0.2, 0) is 34.2 Å². The van der Waals surface area contributed by atoms with Crippen LogP contribution in [0.3, 0.4) is 0 Å². The molecule has 0 aliphatic carbocycles. The van der Waals surface area contributed by atoms with Gasteiger partial charge >= 0.3 is 5.97 Å². The van der Waals surface area contributed by atoms with Crippen molar-refractivity contribution in [3.05, 3.63) is 81.6 Å². The molecule has 0 aliphatic heterocycles. The van der Waals surface area contributed by atoms with Crippen molar-refractivity contribution in [2.24, 2.45) is 0 Å². The Balaban J connectivity index is 1.43. The zero-order valence-electron chi connectivity index (χ0n) is 22.2. The van der Waals surface area contributed by atoms with Crippen LogP contribution in [0.1, 0.15) is 61.9 Å². The monoisotopic (exact) mass is 591 g/mol. The average molecular weight is 593 g/mol. The Morgan fingerprint density at radius 1 is 0.897 bits per heavy atom. The number of aryl methyl sites for hydroxylation is 2. The highest BCUT2D eigenvalue weighted by atomic mass is 35.5. The molecule has 1 heterocycles. The van der Waals surface area contributed by atoms with Crippen LogP contribution < -0.4 is 9.47 Å². The molecule has 3 rings (SSSR count). The predicted octanol–water partition coefficient (Wildman–Crippen LogP) is 7.68. The number of benzene rings is 2. The third kappa shape index (κ3) is 10.5. The summed E-state index contributed by atoms with van der Waals surface area (Å²) in [5.41, 5.74) is 2.45. The van der Waals surface area contributed by atoms with E-state index in [0.29, 0.717) is 38.7 Å². The lowest BCUT2D eigenvalue weighted by molar-refractivity contribution is -0.136. The summed E-state index contributed by atoms with van der Waals surface area (Å²) >= 11 is 12.4. The summed E-state index contributed by atoms with van der Waals surface area (Å²) in [6.07, 6.45) is 7.90. The first-order valence-corrected chi connectivity index (χ1v) is 15.2. The maximum Gasteiger partial charge on any atom is 0.303 e. The molecule has 6 nitrogen and oxygen atoms in total. The first-order valence-electron chi connectivity index (χ1n) is 13.2. The second kappa shape index (κ2) is 16.5. The fourth-order valence-electron chi connectivity index (χ4n) is 4.17. The summed E-state index contributed by atoms with van der Waals surface area (Å²) in [7, 11) is 0.180. The highest BCUT2D eigenvalue weighted by molar-refractivity contribution is 7.84. The van der Waals surface area contributed by atoms with Crippen LogP contribution in [0.2, 0.25) is 10.0 Å². The van der Waals surface area contributed by atoms with Gasteiger partial charge in [0.2, 0.25) is 0 Å². The summed E-state index contributed by atoms with van der Waals surface area (Å²) in [6, 6.07) is 16.8. The Morgan fingerprint density at radius 2 is 1.56 bits per heavy atom. The van der Waals surface area contributed by atoms with E-state index in [-0.39, 0.29) is 18.6 Å². The second-order valence-electron chi connectivity index (χ2n) is 9.25. The van der Waals surface area contributed by atoms with Crippen LogP contribution in [-0.4, -0.2) is 34.0 Å². The molecule has 1 N–H and O–H groups in total. The SMILES string of the molecule is COc1ccc(CCCCCCCCOc2ccc(CS(=O)c3c(Cl)cccc3Cl)nc2CCC(=O)O)cc1. The first-order chi connectivity index (χ1) is 18.9. The minimum atomic E-state index is -1.50. The summed E-state index contributed by atoms with van der Waals surface area (Å²) in [6.45, 7) is 0.536. The number of nitrogens with zero attached hydrogens (tertiary/aromatic N) is 1. The van der Waals surface area contributed by atoms with Gasteiger partial charge in [-0.2, -0.15) is 0 Å². The molecule has 210 valence electrons. The van der Waals surface area contributed by atoms with Gasteiger partial charge in [0, 0.05) is 6.42 Å². The van der Waals surface area contributed by atoms with Gasteiger partial charge in [0.1, 0.15) is 11.5 Å². The summed E-state index contributed by atoms with van der Waals surface area (Å²) in [4.78, 5) is 16.1. The van der Waals surface area contributed by atoms with E-state index in [1.54, 1.807) is 37.4 Å². The molecule has 0 saturated carbocycles. The quantitative estimate of drug-likeness (QED) is 0.162. The summed E-state index contributed by atoms with van der Waals surface area (Å²) in [5.74, 6) is 0.659. The van der Waals surface area contributed by atoms with Crippen LogP contribution >= 0.6 is 23.2 Å². The number of rotatable bonds is 17. The normalized spacial score (nSPS) is 11.8. The van der Waals surface area contributed by atoms with Crippen molar-refractivity contribution in [3.8, 4) is 11.5 Å². The number of halogens is 2. The highest BCUT2D eigenvalue weighted by Crippen LogP contribution is 2.29. The van der Waals surface area contributed by atoms with Gasteiger partial charge in [0.05, 0.1) is 63.0 Å². The largest absolute Gasteiger partial charge is 0.497 e. The third-order valence-electron chi connectivity index (χ3n) is 6.27. The number of hydrogen-bond donors (Lipinski definition) is 1. The smallest absolute Gasteiger partial charge is 0.303 e. The van der Waals surface area contributed by atoms with E-state index >= 15 is 0 Å². The number of carboxylic acids is 1. The number of unbranched alkanes of at least 4 members (excludes halogenated alkanes) is 5. The Labute approximate surface area is 243 Å². The molecule has 9 heteroatoms. The van der Waals surface area contributed by atoms with Gasteiger partial charge in [-0.15, -0.1) is 0 Å². The van der Waals surface area contributed by atoms with E-state index in [1.807, 2.05) is 12.1 Å². The number of aliphatic carboxylic acids is 1. The Hall–Kier alpha value is -2.61. The van der Waals surface area contributed by atoms with E-state index in [1.165, 1.54) is 24.8 Å². The lowest BCUT2D eigenvalue weighted by atomic mass is 10.0. The average Bonchev–Trinajstić information content (AvgIpc) is 2.92. The van der Waals surface area contributed by atoms with Crippen LogP contribution in [0.5, 0.6) is 11.5 Å². The summed E-state index contributed by atoms with van der Waals surface area (Å²) in [5, 5.41) is 9.83. The minimum Gasteiger partial charge on any atom is -0.497 e. The zero-order valence-corrected chi connectivity index (χ0v) is 24.5. The molecule has 3 aromatic rings. The van der Waals surface area contributed by atoms with Crippen molar-refractivity contribution in [3.63, 3.8) is 0 Å². The Bertz CT molecular complexity index is 1220. The molecule has 0 spiro atoms. The standard InChI is InChI=1S/C30H35Cl2NO5S/c1-37-24-15-12-22(13-16-24)9-6-4-2-3-5-7-20-38-28-18-14-23(33-27(28)17-19-29(34)35)21-39(36)30-25(31)10-8-11-26(30)32/h8,10-16,18H,2-7,9,17,19-21H2,1H3,(H,34,35). The van der Waals surface area contributed by atoms with Crippen LogP contribution in [0.4, 0.5) is 0 Å². The lowest BCUT2D eigenvalue weighted by Crippen LogP contribution is -2.08. The number of aromatic nitrogens is 1. The van der Waals surface area contributed by atoms with Crippen molar-refractivity contribution in [2.45, 2.75) is 68.4 Å². The molecule has 1 unspecified atom stereocenters. The van der Waals surface area contributed by atoms with Gasteiger partial charge in [-0.3, -0.25) is 14.0 Å². The maximum absolute atomic E-state index is 12.9. The predicted molar refractivity (Wildman–Crippen MR) is 157 cm³/mol. The van der Waals surface area contributed by atoms with Crippen LogP contribution in [0, 0.1) is 0 Å². The van der Waals surface area contributed by atoms with Crippen molar-refractivity contribution >= 4 is 40.0 Å². The fraction of sp³-hybridized carbons (Fsp3) is 0.400. The van der Waals surface area contributed by atoms with E-state index in [2.05, 4.69) is 17.1 Å². The molecule has 1 atom stereocenters. The molecule has 0 aliphatic rings. The number of pyridine rings is 1. The van der Waals surface area contributed by atoms with E-state index in [4.69, 9.17) is 37.8 Å². The fourth-order valence-corrected chi connectivity index (χ4v) is 6.23. The molecule has 0 amide bonds. The minimum absolute atomic E-state index is 0.0667. The lowest BCUT2D eigenvalue weighted by Gasteiger charge is -2.13. The van der Waals surface area contributed by atoms with Gasteiger partial charge < -0.3 is 14.6 Å². The number of carboxylic acid groups (broad SMARTS) is 1. The zero-order chi connectivity index (χ0) is 28.0. The second-order valence-corrected chi connectivity index (χ2v) is 11.5. The van der Waals surface area contributed by atoms with Crippen molar-refractivity contribution < 1.29 is 23.6 Å². The molecule has 2 aromatic carbocycles. The molecular formula is C30H35Cl2NO5S. The molecular weight excluding hydrogens is 557 g/mol. The number of carbonyl (C=O) groups is 1. The van der Waals surface area contributed by atoms with Crippen molar-refractivity contribution in [2.75, 3.05) is 13.7 Å². The maximum atomic E-state index is 12.9. The topological polar surface area (TPSA) is 85.7 Å². The first kappa shape index (κ1) is 30.9. The van der Waals surface area contributed by atoms with Crippen molar-refractivity contribution in [1.29, 1.82) is 0 Å². The molecule has 1 aromatic heterocycles. The third-order valence-corrected chi connectivity index (χ3v) is 8.57. The van der Waals surface area contributed by atoms with Gasteiger partial charge in [-0.1, -0.05) is 67.1 Å². The molecule has 0 bridgehead atoms. The Kier molecular flexibility index (Phi) is 13.1. The number of ether oxygens (including phenoxy) is 2. The number of methoxy groups -OCH3 is 1. The van der Waals surface area contributed by atoms with Gasteiger partial charge in [-0.25, -0.2) is 0 Å². The Morgan fingerprint density at radius 3 is 2.23 bits per heavy atom. The van der Waals surface area contributed by atoms with E-state index in [9.17, 15) is 9.00 Å². The summed E-state index contributed by atoms with van der Waals surface area (Å²) < 4.78 is 24.1. The van der Waals surface area contributed by atoms with E-state index in [0.717, 1.165) is 31.4 Å².